The van der Waals surface area contributed by atoms with Crippen LogP contribution in [0.5, 0.6) is 0 Å². The van der Waals surface area contributed by atoms with Crippen LogP contribution in [-0.4, -0.2) is 42.0 Å². The third kappa shape index (κ3) is 3.23. The molecule has 2 aromatic carbocycles. The van der Waals surface area contributed by atoms with E-state index in [0.717, 1.165) is 0 Å². The lowest BCUT2D eigenvalue weighted by atomic mass is 9.95. The summed E-state index contributed by atoms with van der Waals surface area (Å²) in [6.07, 6.45) is 0. The number of aliphatic hydroxyl groups excluding tert-OH is 1. The SMILES string of the molecule is COCCN1C(=O)C(=O)C(=C(O)c2ccccc2)[C@H]1c1ccccc1Cl. The van der Waals surface area contributed by atoms with Crippen molar-refractivity contribution in [2.45, 2.75) is 6.04 Å². The Bertz CT molecular complexity index is 863. The summed E-state index contributed by atoms with van der Waals surface area (Å²) in [5, 5.41) is 11.2. The van der Waals surface area contributed by atoms with Crippen molar-refractivity contribution < 1.29 is 19.4 Å². The Morgan fingerprint density at radius 2 is 1.77 bits per heavy atom. The first kappa shape index (κ1) is 18.2. The normalized spacial score (nSPS) is 19.2. The van der Waals surface area contributed by atoms with Crippen molar-refractivity contribution in [1.29, 1.82) is 0 Å². The summed E-state index contributed by atoms with van der Waals surface area (Å²) in [4.78, 5) is 26.7. The van der Waals surface area contributed by atoms with E-state index in [-0.39, 0.29) is 24.5 Å². The number of benzene rings is 2. The minimum Gasteiger partial charge on any atom is -0.507 e. The number of ketones is 1. The van der Waals surface area contributed by atoms with Crippen LogP contribution in [0.2, 0.25) is 5.02 Å². The largest absolute Gasteiger partial charge is 0.507 e. The monoisotopic (exact) mass is 371 g/mol. The minimum atomic E-state index is -0.765. The molecule has 0 aromatic heterocycles. The summed E-state index contributed by atoms with van der Waals surface area (Å²) in [6.45, 7) is 0.474. The fraction of sp³-hybridized carbons (Fsp3) is 0.200. The Morgan fingerprint density at radius 1 is 1.12 bits per heavy atom. The van der Waals surface area contributed by atoms with Crippen LogP contribution in [0.25, 0.3) is 5.76 Å². The van der Waals surface area contributed by atoms with Gasteiger partial charge >= 0.3 is 0 Å². The number of amides is 1. The molecule has 5 nitrogen and oxygen atoms in total. The van der Waals surface area contributed by atoms with Crippen molar-refractivity contribution in [3.8, 4) is 0 Å². The van der Waals surface area contributed by atoms with Gasteiger partial charge in [-0.2, -0.15) is 0 Å². The Kier molecular flexibility index (Phi) is 5.40. The molecule has 1 amide bonds. The number of hydrogen-bond acceptors (Lipinski definition) is 4. The average molecular weight is 372 g/mol. The quantitative estimate of drug-likeness (QED) is 0.497. The third-order valence-electron chi connectivity index (χ3n) is 4.32. The van der Waals surface area contributed by atoms with Crippen molar-refractivity contribution in [2.24, 2.45) is 0 Å². The molecule has 1 atom stereocenters. The fourth-order valence-electron chi connectivity index (χ4n) is 3.07. The molecule has 0 aliphatic carbocycles. The number of aliphatic hydroxyl groups is 1. The van der Waals surface area contributed by atoms with Crippen molar-refractivity contribution >= 4 is 29.1 Å². The second-order valence-corrected chi connectivity index (χ2v) is 6.28. The molecule has 1 saturated heterocycles. The van der Waals surface area contributed by atoms with Crippen LogP contribution in [0.3, 0.4) is 0 Å². The second-order valence-electron chi connectivity index (χ2n) is 5.87. The molecule has 1 fully saturated rings. The molecule has 1 N–H and O–H groups in total. The maximum absolute atomic E-state index is 12.7. The number of methoxy groups -OCH3 is 1. The fourth-order valence-corrected chi connectivity index (χ4v) is 3.31. The molecule has 2 aromatic rings. The molecule has 0 spiro atoms. The highest BCUT2D eigenvalue weighted by molar-refractivity contribution is 6.47. The first-order valence-electron chi connectivity index (χ1n) is 8.13. The molecule has 0 radical (unpaired) electrons. The van der Waals surface area contributed by atoms with Gasteiger partial charge in [-0.05, 0) is 11.6 Å². The highest BCUT2D eigenvalue weighted by Crippen LogP contribution is 2.41. The number of carbonyl (C=O) groups is 2. The van der Waals surface area contributed by atoms with Crippen LogP contribution in [0, 0.1) is 0 Å². The number of rotatable bonds is 5. The van der Waals surface area contributed by atoms with Gasteiger partial charge in [0.1, 0.15) is 5.76 Å². The van der Waals surface area contributed by atoms with Gasteiger partial charge in [0.2, 0.25) is 0 Å². The number of likely N-dealkylation sites (tertiary alicyclic amines) is 1. The number of halogens is 1. The number of Topliss-reactive ketones (excluding diaryl/α,β-unsaturated/α-hetero) is 1. The molecule has 0 bridgehead atoms. The molecule has 6 heteroatoms. The molecule has 1 aliphatic heterocycles. The molecular weight excluding hydrogens is 354 g/mol. The van der Waals surface area contributed by atoms with Crippen molar-refractivity contribution in [2.75, 3.05) is 20.3 Å². The van der Waals surface area contributed by atoms with E-state index < -0.39 is 17.7 Å². The van der Waals surface area contributed by atoms with Crippen LogP contribution in [0.1, 0.15) is 17.2 Å². The van der Waals surface area contributed by atoms with E-state index >= 15 is 0 Å². The van der Waals surface area contributed by atoms with Gasteiger partial charge in [-0.1, -0.05) is 60.1 Å². The lowest BCUT2D eigenvalue weighted by molar-refractivity contribution is -0.140. The zero-order valence-electron chi connectivity index (χ0n) is 14.2. The first-order valence-corrected chi connectivity index (χ1v) is 8.51. The van der Waals surface area contributed by atoms with E-state index in [1.54, 1.807) is 54.6 Å². The maximum Gasteiger partial charge on any atom is 0.295 e. The first-order chi connectivity index (χ1) is 12.6. The topological polar surface area (TPSA) is 66.8 Å². The summed E-state index contributed by atoms with van der Waals surface area (Å²) in [5.41, 5.74) is 1.08. The van der Waals surface area contributed by atoms with Crippen LogP contribution < -0.4 is 0 Å². The lowest BCUT2D eigenvalue weighted by Gasteiger charge is -2.25. The van der Waals surface area contributed by atoms with Crippen LogP contribution in [0.15, 0.2) is 60.2 Å². The van der Waals surface area contributed by atoms with Crippen molar-refractivity contribution in [3.63, 3.8) is 0 Å². The highest BCUT2D eigenvalue weighted by Gasteiger charge is 2.46. The van der Waals surface area contributed by atoms with Crippen LogP contribution >= 0.6 is 11.6 Å². The van der Waals surface area contributed by atoms with E-state index in [4.69, 9.17) is 16.3 Å². The maximum atomic E-state index is 12.7. The number of ether oxygens (including phenoxy) is 1. The van der Waals surface area contributed by atoms with Crippen LogP contribution in [-0.2, 0) is 14.3 Å². The van der Waals surface area contributed by atoms with E-state index in [9.17, 15) is 14.7 Å². The lowest BCUT2D eigenvalue weighted by Crippen LogP contribution is -2.32. The zero-order valence-corrected chi connectivity index (χ0v) is 14.9. The number of nitrogens with zero attached hydrogens (tertiary/aromatic N) is 1. The standard InChI is InChI=1S/C20H18ClNO4/c1-26-12-11-22-17(14-9-5-6-10-15(14)21)16(19(24)20(22)25)18(23)13-7-3-2-4-8-13/h2-10,17,23H,11-12H2,1H3/t17-/m1/s1. The van der Waals surface area contributed by atoms with Crippen molar-refractivity contribution in [1.82, 2.24) is 4.90 Å². The van der Waals surface area contributed by atoms with Crippen LogP contribution in [0.4, 0.5) is 0 Å². The van der Waals surface area contributed by atoms with E-state index in [2.05, 4.69) is 0 Å². The third-order valence-corrected chi connectivity index (χ3v) is 4.67. The Morgan fingerprint density at radius 3 is 2.42 bits per heavy atom. The van der Waals surface area contributed by atoms with Gasteiger partial charge in [-0.25, -0.2) is 0 Å². The predicted octanol–water partition coefficient (Wildman–Crippen LogP) is 3.41. The highest BCUT2D eigenvalue weighted by atomic mass is 35.5. The van der Waals surface area contributed by atoms with Crippen molar-refractivity contribution in [3.05, 3.63) is 76.3 Å². The Hall–Kier alpha value is -2.63. The van der Waals surface area contributed by atoms with Gasteiger partial charge in [-0.15, -0.1) is 0 Å². The summed E-state index contributed by atoms with van der Waals surface area (Å²) in [5.74, 6) is -1.62. The Balaban J connectivity index is 2.19. The molecule has 1 heterocycles. The molecular formula is C20H18ClNO4. The van der Waals surface area contributed by atoms with Gasteiger partial charge < -0.3 is 14.7 Å². The second kappa shape index (κ2) is 7.72. The smallest absolute Gasteiger partial charge is 0.295 e. The molecule has 0 unspecified atom stereocenters. The van der Waals surface area contributed by atoms with E-state index in [1.807, 2.05) is 0 Å². The number of hydrogen-bond donors (Lipinski definition) is 1. The van der Waals surface area contributed by atoms with Gasteiger partial charge in [0, 0.05) is 24.2 Å². The molecule has 0 saturated carbocycles. The zero-order chi connectivity index (χ0) is 18.7. The Labute approximate surface area is 156 Å². The van der Waals surface area contributed by atoms with Gasteiger partial charge in [0.15, 0.2) is 0 Å². The summed E-state index contributed by atoms with van der Waals surface area (Å²) >= 11 is 6.33. The molecule has 134 valence electrons. The summed E-state index contributed by atoms with van der Waals surface area (Å²) in [7, 11) is 1.52. The summed E-state index contributed by atoms with van der Waals surface area (Å²) < 4.78 is 5.07. The van der Waals surface area contributed by atoms with E-state index in [0.29, 0.717) is 16.1 Å². The average Bonchev–Trinajstić information content (AvgIpc) is 2.91. The number of carbonyl (C=O) groups excluding carboxylic acids is 2. The van der Waals surface area contributed by atoms with Gasteiger partial charge in [-0.3, -0.25) is 9.59 Å². The molecule has 1 aliphatic rings. The predicted molar refractivity (Wildman–Crippen MR) is 98.8 cm³/mol. The minimum absolute atomic E-state index is 0.0328. The van der Waals surface area contributed by atoms with Gasteiger partial charge in [0.25, 0.3) is 11.7 Å². The van der Waals surface area contributed by atoms with E-state index in [1.165, 1.54) is 12.0 Å². The summed E-state index contributed by atoms with van der Waals surface area (Å²) in [6, 6.07) is 14.9. The molecule has 26 heavy (non-hydrogen) atoms. The van der Waals surface area contributed by atoms with Gasteiger partial charge in [0.05, 0.1) is 18.2 Å². The molecule has 3 rings (SSSR count).